The quantitative estimate of drug-likeness (QED) is 0.836. The number of rotatable bonds is 3. The van der Waals surface area contributed by atoms with Gasteiger partial charge in [0.1, 0.15) is 0 Å². The molecule has 2 aromatic rings. The third kappa shape index (κ3) is 3.21. The summed E-state index contributed by atoms with van der Waals surface area (Å²) in [6, 6.07) is 8.88. The predicted octanol–water partition coefficient (Wildman–Crippen LogP) is 4.27. The number of pyridine rings is 1. The van der Waals surface area contributed by atoms with Gasteiger partial charge in [0.15, 0.2) is 11.6 Å². The van der Waals surface area contributed by atoms with Crippen molar-refractivity contribution in [2.75, 3.05) is 11.9 Å². The van der Waals surface area contributed by atoms with E-state index in [-0.39, 0.29) is 5.82 Å². The maximum Gasteiger partial charge on any atom is 0.166 e. The summed E-state index contributed by atoms with van der Waals surface area (Å²) in [6.07, 6.45) is 1.58. The van der Waals surface area contributed by atoms with Crippen molar-refractivity contribution in [1.82, 2.24) is 4.98 Å². The molecule has 0 unspecified atom stereocenters. The molecule has 18 heavy (non-hydrogen) atoms. The normalized spacial score (nSPS) is 10.4. The van der Waals surface area contributed by atoms with Gasteiger partial charge in [0.2, 0.25) is 0 Å². The van der Waals surface area contributed by atoms with Crippen molar-refractivity contribution < 1.29 is 4.39 Å². The van der Waals surface area contributed by atoms with Crippen molar-refractivity contribution in [3.8, 4) is 0 Å². The van der Waals surface area contributed by atoms with Crippen LogP contribution < -0.4 is 4.90 Å². The van der Waals surface area contributed by atoms with Crippen LogP contribution in [-0.4, -0.2) is 12.0 Å². The van der Waals surface area contributed by atoms with Gasteiger partial charge in [0, 0.05) is 29.3 Å². The van der Waals surface area contributed by atoms with Gasteiger partial charge in [-0.25, -0.2) is 9.37 Å². The molecule has 5 heteroatoms. The van der Waals surface area contributed by atoms with E-state index in [1.165, 1.54) is 6.07 Å². The smallest absolute Gasteiger partial charge is 0.166 e. The zero-order chi connectivity index (χ0) is 13.1. The van der Waals surface area contributed by atoms with Gasteiger partial charge in [-0.15, -0.1) is 0 Å². The van der Waals surface area contributed by atoms with Gasteiger partial charge in [-0.1, -0.05) is 23.7 Å². The van der Waals surface area contributed by atoms with Crippen molar-refractivity contribution in [3.05, 3.63) is 57.4 Å². The van der Waals surface area contributed by atoms with Crippen LogP contribution in [0.5, 0.6) is 0 Å². The fraction of sp³-hybridized carbons (Fsp3) is 0.154. The largest absolute Gasteiger partial charge is 0.353 e. The SMILES string of the molecule is CN(Cc1cccc(Cl)c1)c1ncc(Br)cc1F. The van der Waals surface area contributed by atoms with Crippen LogP contribution in [0.25, 0.3) is 0 Å². The lowest BCUT2D eigenvalue weighted by Crippen LogP contribution is -2.19. The summed E-state index contributed by atoms with van der Waals surface area (Å²) in [5.74, 6) is -0.0351. The van der Waals surface area contributed by atoms with Crippen LogP contribution in [0.2, 0.25) is 5.02 Å². The van der Waals surface area contributed by atoms with Gasteiger partial charge >= 0.3 is 0 Å². The molecule has 0 radical (unpaired) electrons. The van der Waals surface area contributed by atoms with Crippen molar-refractivity contribution in [2.24, 2.45) is 0 Å². The second kappa shape index (κ2) is 5.67. The summed E-state index contributed by atoms with van der Waals surface area (Å²) < 4.78 is 14.3. The molecule has 0 spiro atoms. The Morgan fingerprint density at radius 2 is 2.17 bits per heavy atom. The summed E-state index contributed by atoms with van der Waals surface area (Å²) in [6.45, 7) is 0.548. The number of halogens is 3. The first-order valence-electron chi connectivity index (χ1n) is 5.33. The number of aromatic nitrogens is 1. The second-order valence-corrected chi connectivity index (χ2v) is 5.30. The minimum absolute atomic E-state index is 0.318. The van der Waals surface area contributed by atoms with Crippen LogP contribution >= 0.6 is 27.5 Å². The molecular weight excluding hydrogens is 319 g/mol. The van der Waals surface area contributed by atoms with E-state index in [4.69, 9.17) is 11.6 Å². The van der Waals surface area contributed by atoms with E-state index in [0.717, 1.165) is 5.56 Å². The average molecular weight is 330 g/mol. The van der Waals surface area contributed by atoms with Gasteiger partial charge < -0.3 is 4.90 Å². The summed E-state index contributed by atoms with van der Waals surface area (Å²) in [5.41, 5.74) is 1.01. The Bertz CT molecular complexity index is 562. The molecule has 1 aromatic heterocycles. The molecule has 0 atom stereocenters. The summed E-state index contributed by atoms with van der Waals surface area (Å²) >= 11 is 9.10. The monoisotopic (exact) mass is 328 g/mol. The van der Waals surface area contributed by atoms with E-state index in [1.54, 1.807) is 18.1 Å². The Balaban J connectivity index is 2.19. The number of nitrogens with zero attached hydrogens (tertiary/aromatic N) is 2. The van der Waals surface area contributed by atoms with E-state index in [2.05, 4.69) is 20.9 Å². The second-order valence-electron chi connectivity index (χ2n) is 3.94. The molecule has 0 N–H and O–H groups in total. The zero-order valence-corrected chi connectivity index (χ0v) is 12.0. The summed E-state index contributed by atoms with van der Waals surface area (Å²) in [5, 5.41) is 0.671. The lowest BCUT2D eigenvalue weighted by molar-refractivity contribution is 0.613. The lowest BCUT2D eigenvalue weighted by Gasteiger charge is -2.18. The Kier molecular flexibility index (Phi) is 4.19. The minimum Gasteiger partial charge on any atom is -0.353 e. The molecule has 0 fully saturated rings. The van der Waals surface area contributed by atoms with Gasteiger partial charge in [0.25, 0.3) is 0 Å². The molecule has 0 aliphatic carbocycles. The molecule has 0 saturated carbocycles. The highest BCUT2D eigenvalue weighted by molar-refractivity contribution is 9.10. The lowest BCUT2D eigenvalue weighted by atomic mass is 10.2. The number of anilines is 1. The van der Waals surface area contributed by atoms with Crippen LogP contribution in [0.15, 0.2) is 41.0 Å². The molecule has 0 amide bonds. The van der Waals surface area contributed by atoms with Crippen LogP contribution in [0.4, 0.5) is 10.2 Å². The predicted molar refractivity (Wildman–Crippen MR) is 75.5 cm³/mol. The van der Waals surface area contributed by atoms with Crippen molar-refractivity contribution in [3.63, 3.8) is 0 Å². The van der Waals surface area contributed by atoms with E-state index in [9.17, 15) is 4.39 Å². The van der Waals surface area contributed by atoms with Crippen LogP contribution in [-0.2, 0) is 6.54 Å². The molecule has 0 aliphatic rings. The molecule has 1 aromatic carbocycles. The maximum atomic E-state index is 13.7. The average Bonchev–Trinajstić information content (AvgIpc) is 2.28. The first-order valence-corrected chi connectivity index (χ1v) is 6.50. The number of hydrogen-bond acceptors (Lipinski definition) is 2. The first-order chi connectivity index (χ1) is 8.56. The topological polar surface area (TPSA) is 16.1 Å². The summed E-state index contributed by atoms with van der Waals surface area (Å²) in [7, 11) is 1.79. The Hall–Kier alpha value is -1.13. The van der Waals surface area contributed by atoms with Crippen molar-refractivity contribution >= 4 is 33.3 Å². The standard InChI is InChI=1S/C13H11BrClFN2/c1-18(8-9-3-2-4-11(15)5-9)13-12(16)6-10(14)7-17-13/h2-7H,8H2,1H3. The highest BCUT2D eigenvalue weighted by Crippen LogP contribution is 2.21. The Morgan fingerprint density at radius 1 is 1.39 bits per heavy atom. The van der Waals surface area contributed by atoms with E-state index < -0.39 is 0 Å². The maximum absolute atomic E-state index is 13.7. The molecule has 94 valence electrons. The van der Waals surface area contributed by atoms with Gasteiger partial charge in [0.05, 0.1) is 0 Å². The molecule has 2 rings (SSSR count). The molecule has 0 aliphatic heterocycles. The zero-order valence-electron chi connectivity index (χ0n) is 9.70. The van der Waals surface area contributed by atoms with Gasteiger partial charge in [-0.2, -0.15) is 0 Å². The third-order valence-corrected chi connectivity index (χ3v) is 3.13. The summed E-state index contributed by atoms with van der Waals surface area (Å²) in [4.78, 5) is 5.81. The highest BCUT2D eigenvalue weighted by atomic mass is 79.9. The van der Waals surface area contributed by atoms with E-state index >= 15 is 0 Å². The van der Waals surface area contributed by atoms with Crippen LogP contribution in [0, 0.1) is 5.82 Å². The minimum atomic E-state index is -0.353. The molecular formula is C13H11BrClFN2. The van der Waals surface area contributed by atoms with Crippen LogP contribution in [0.1, 0.15) is 5.56 Å². The molecule has 0 saturated heterocycles. The third-order valence-electron chi connectivity index (χ3n) is 2.46. The Labute approximate surface area is 119 Å². The Morgan fingerprint density at radius 3 is 2.83 bits per heavy atom. The highest BCUT2D eigenvalue weighted by Gasteiger charge is 2.10. The van der Waals surface area contributed by atoms with Gasteiger partial charge in [-0.05, 0) is 39.7 Å². The molecule has 1 heterocycles. The number of benzene rings is 1. The van der Waals surface area contributed by atoms with Crippen LogP contribution in [0.3, 0.4) is 0 Å². The van der Waals surface area contributed by atoms with Crippen molar-refractivity contribution in [1.29, 1.82) is 0 Å². The van der Waals surface area contributed by atoms with E-state index in [0.29, 0.717) is 21.9 Å². The molecule has 2 nitrogen and oxygen atoms in total. The fourth-order valence-corrected chi connectivity index (χ4v) is 2.19. The number of hydrogen-bond donors (Lipinski definition) is 0. The van der Waals surface area contributed by atoms with Gasteiger partial charge in [-0.3, -0.25) is 0 Å². The van der Waals surface area contributed by atoms with Crippen molar-refractivity contribution in [2.45, 2.75) is 6.54 Å². The molecule has 0 bridgehead atoms. The van der Waals surface area contributed by atoms with E-state index in [1.807, 2.05) is 24.3 Å². The first kappa shape index (κ1) is 13.3. The fourth-order valence-electron chi connectivity index (χ4n) is 1.67.